The molecule has 32 heavy (non-hydrogen) atoms. The highest BCUT2D eigenvalue weighted by Crippen LogP contribution is 2.54. The molecule has 0 aromatic heterocycles. The fraction of sp³-hybridized carbons (Fsp3) is 0.143. The van der Waals surface area contributed by atoms with Gasteiger partial charge in [0.1, 0.15) is 17.2 Å². The molecule has 0 fully saturated rings. The average molecular weight is 842 g/mol. The number of phosphoric ester groups is 1. The van der Waals surface area contributed by atoms with Gasteiger partial charge in [-0.15, -0.1) is 0 Å². The zero-order valence-electron chi connectivity index (χ0n) is 16.5. The molecular weight excluding hydrogens is 827 g/mol. The quantitative estimate of drug-likeness (QED) is 0.176. The summed E-state index contributed by atoms with van der Waals surface area (Å²) in [5.41, 5.74) is 1.13. The molecule has 0 saturated heterocycles. The summed E-state index contributed by atoms with van der Waals surface area (Å²) in [6, 6.07) is 14.2. The van der Waals surface area contributed by atoms with Gasteiger partial charge in [0.25, 0.3) is 0 Å². The van der Waals surface area contributed by atoms with E-state index in [0.29, 0.717) is 29.6 Å². The normalized spacial score (nSPS) is 11.5. The Morgan fingerprint density at radius 3 is 1.47 bits per heavy atom. The van der Waals surface area contributed by atoms with Gasteiger partial charge in [-0.1, -0.05) is 26.0 Å². The van der Waals surface area contributed by atoms with Crippen molar-refractivity contribution in [3.8, 4) is 17.2 Å². The summed E-state index contributed by atoms with van der Waals surface area (Å²) >= 11 is 20.7. The van der Waals surface area contributed by atoms with Gasteiger partial charge in [-0.3, -0.25) is 0 Å². The molecule has 11 heteroatoms. The van der Waals surface area contributed by atoms with Gasteiger partial charge in [0.2, 0.25) is 0 Å². The first kappa shape index (κ1) is 26.8. The monoisotopic (exact) mass is 836 g/mol. The number of halogens is 6. The Bertz CT molecular complexity index is 1120. The van der Waals surface area contributed by atoms with E-state index in [0.717, 1.165) is 14.5 Å². The van der Waals surface area contributed by atoms with Crippen molar-refractivity contribution in [1.82, 2.24) is 0 Å². The predicted molar refractivity (Wildman–Crippen MR) is 149 cm³/mol. The molecule has 170 valence electrons. The van der Waals surface area contributed by atoms with Crippen LogP contribution in [-0.4, -0.2) is 0 Å². The Hall–Kier alpha value is 0.170. The highest BCUT2D eigenvalue weighted by Gasteiger charge is 2.35. The summed E-state index contributed by atoms with van der Waals surface area (Å²) in [5.74, 6) is 1.29. The van der Waals surface area contributed by atoms with E-state index in [1.54, 1.807) is 36.4 Å². The van der Waals surface area contributed by atoms with E-state index in [1.165, 1.54) is 0 Å². The Labute approximate surface area is 237 Å². The molecule has 0 N–H and O–H groups in total. The zero-order chi connectivity index (χ0) is 23.6. The van der Waals surface area contributed by atoms with Crippen LogP contribution in [0.4, 0.5) is 0 Å². The summed E-state index contributed by atoms with van der Waals surface area (Å²) in [6.07, 6.45) is 0. The van der Waals surface area contributed by atoms with Crippen molar-refractivity contribution in [2.75, 3.05) is 0 Å². The SMILES string of the molecule is CC(C)c1ccc(OP(=O)(Oc2ccc(Br)c(Br)c2Br)Oc2ccc(Br)c(Br)c2Br)cc1. The smallest absolute Gasteiger partial charge is 0.386 e. The lowest BCUT2D eigenvalue weighted by molar-refractivity contribution is 0.297. The summed E-state index contributed by atoms with van der Waals surface area (Å²) in [6.45, 7) is 4.19. The fourth-order valence-corrected chi connectivity index (χ4v) is 6.73. The largest absolute Gasteiger partial charge is 0.647 e. The van der Waals surface area contributed by atoms with Crippen molar-refractivity contribution in [3.05, 3.63) is 80.9 Å². The van der Waals surface area contributed by atoms with Gasteiger partial charge in [0.15, 0.2) is 0 Å². The molecule has 0 bridgehead atoms. The Kier molecular flexibility index (Phi) is 9.43. The predicted octanol–water partition coefficient (Wildman–Crippen LogP) is 11.0. The molecule has 4 nitrogen and oxygen atoms in total. The first-order valence-corrected chi connectivity index (χ1v) is 15.3. The number of hydrogen-bond donors (Lipinski definition) is 0. The second-order valence-corrected chi connectivity index (χ2v) is 13.1. The minimum Gasteiger partial charge on any atom is -0.386 e. The molecule has 0 aliphatic carbocycles. The lowest BCUT2D eigenvalue weighted by Gasteiger charge is -2.21. The maximum Gasteiger partial charge on any atom is 0.647 e. The highest BCUT2D eigenvalue weighted by atomic mass is 79.9. The summed E-state index contributed by atoms with van der Waals surface area (Å²) in [7, 11) is -4.18. The Morgan fingerprint density at radius 2 is 1.06 bits per heavy atom. The van der Waals surface area contributed by atoms with Crippen LogP contribution in [0.25, 0.3) is 0 Å². The van der Waals surface area contributed by atoms with Crippen LogP contribution in [0.2, 0.25) is 0 Å². The van der Waals surface area contributed by atoms with Gasteiger partial charge in [0, 0.05) is 17.9 Å². The molecule has 0 saturated carbocycles. The third-order valence-electron chi connectivity index (χ3n) is 4.18. The number of rotatable bonds is 7. The highest BCUT2D eigenvalue weighted by molar-refractivity contribution is 9.15. The van der Waals surface area contributed by atoms with Gasteiger partial charge in [-0.2, -0.15) is 4.57 Å². The van der Waals surface area contributed by atoms with Crippen LogP contribution in [-0.2, 0) is 4.57 Å². The Balaban J connectivity index is 2.01. The third kappa shape index (κ3) is 6.43. The molecule has 0 aliphatic heterocycles. The molecule has 3 rings (SSSR count). The van der Waals surface area contributed by atoms with Crippen molar-refractivity contribution >= 4 is 103 Å². The van der Waals surface area contributed by atoms with Crippen molar-refractivity contribution in [1.29, 1.82) is 0 Å². The molecule has 0 spiro atoms. The van der Waals surface area contributed by atoms with Crippen LogP contribution in [0.3, 0.4) is 0 Å². The summed E-state index contributed by atoms with van der Waals surface area (Å²) in [5, 5.41) is 0. The topological polar surface area (TPSA) is 44.8 Å². The van der Waals surface area contributed by atoms with Crippen molar-refractivity contribution < 1.29 is 18.1 Å². The molecule has 0 aliphatic rings. The van der Waals surface area contributed by atoms with E-state index in [1.807, 2.05) is 12.1 Å². The van der Waals surface area contributed by atoms with Crippen molar-refractivity contribution in [3.63, 3.8) is 0 Å². The Morgan fingerprint density at radius 1 is 0.625 bits per heavy atom. The minimum absolute atomic E-state index is 0.287. The van der Waals surface area contributed by atoms with Crippen LogP contribution in [0.15, 0.2) is 75.4 Å². The van der Waals surface area contributed by atoms with Crippen LogP contribution in [0.5, 0.6) is 17.2 Å². The van der Waals surface area contributed by atoms with E-state index in [9.17, 15) is 4.57 Å². The molecule has 3 aromatic rings. The van der Waals surface area contributed by atoms with Crippen LogP contribution >= 0.6 is 103 Å². The van der Waals surface area contributed by atoms with E-state index in [-0.39, 0.29) is 11.5 Å². The number of phosphoric acid groups is 1. The van der Waals surface area contributed by atoms with Gasteiger partial charge in [0.05, 0.1) is 8.95 Å². The van der Waals surface area contributed by atoms with Gasteiger partial charge < -0.3 is 13.6 Å². The lowest BCUT2D eigenvalue weighted by Crippen LogP contribution is -2.08. The van der Waals surface area contributed by atoms with Crippen LogP contribution < -0.4 is 13.6 Å². The van der Waals surface area contributed by atoms with Crippen LogP contribution in [0, 0.1) is 0 Å². The zero-order valence-corrected chi connectivity index (χ0v) is 27.0. The van der Waals surface area contributed by atoms with E-state index >= 15 is 0 Å². The molecule has 0 heterocycles. The summed E-state index contributed by atoms with van der Waals surface area (Å²) in [4.78, 5) is 0. The van der Waals surface area contributed by atoms with Crippen LogP contribution in [0.1, 0.15) is 25.3 Å². The second-order valence-electron chi connectivity index (χ2n) is 6.79. The minimum atomic E-state index is -4.18. The fourth-order valence-electron chi connectivity index (χ4n) is 2.50. The van der Waals surface area contributed by atoms with E-state index in [4.69, 9.17) is 13.6 Å². The van der Waals surface area contributed by atoms with Gasteiger partial charge in [-0.05, 0) is 143 Å². The standard InChI is InChI=1S/C21H15Br6O4P/c1-11(2)12-3-5-13(6-4-12)29-32(28,30-16-9-7-14(22)18(24)20(16)26)31-17-10-8-15(23)19(25)21(17)27/h3-11H,1-2H3. The maximum absolute atomic E-state index is 13.9. The number of hydrogen-bond acceptors (Lipinski definition) is 4. The van der Waals surface area contributed by atoms with Gasteiger partial charge in [-0.25, -0.2) is 0 Å². The van der Waals surface area contributed by atoms with Crippen molar-refractivity contribution in [2.45, 2.75) is 19.8 Å². The summed E-state index contributed by atoms with van der Waals surface area (Å²) < 4.78 is 35.5. The van der Waals surface area contributed by atoms with Crippen molar-refractivity contribution in [2.24, 2.45) is 0 Å². The van der Waals surface area contributed by atoms with E-state index in [2.05, 4.69) is 109 Å². The molecule has 0 amide bonds. The average Bonchev–Trinajstić information content (AvgIpc) is 2.75. The number of benzene rings is 3. The molecular formula is C21H15Br6O4P. The molecule has 3 aromatic carbocycles. The van der Waals surface area contributed by atoms with Gasteiger partial charge >= 0.3 is 7.82 Å². The maximum atomic E-state index is 13.9. The second kappa shape index (κ2) is 11.3. The third-order valence-corrected chi connectivity index (χ3v) is 12.1. The first-order valence-electron chi connectivity index (χ1n) is 9.06. The lowest BCUT2D eigenvalue weighted by atomic mass is 10.0. The molecule has 0 unspecified atom stereocenters. The molecule has 0 radical (unpaired) electrons. The molecule has 0 atom stereocenters. The first-order chi connectivity index (χ1) is 15.0. The van der Waals surface area contributed by atoms with E-state index < -0.39 is 7.82 Å².